The maximum atomic E-state index is 12.8. The van der Waals surface area contributed by atoms with Crippen molar-refractivity contribution in [2.45, 2.75) is 25.8 Å². The Hall–Kier alpha value is -0.810. The first kappa shape index (κ1) is 18.5. The molecular formula is C17H25Cl2N3O. The fraction of sp³-hybridized carbons (Fsp3) is 0.588. The van der Waals surface area contributed by atoms with Gasteiger partial charge in [-0.2, -0.15) is 0 Å². The summed E-state index contributed by atoms with van der Waals surface area (Å²) in [6.07, 6.45) is 2.04. The normalized spacial score (nSPS) is 27.6. The summed E-state index contributed by atoms with van der Waals surface area (Å²) in [7, 11) is 2.07. The van der Waals surface area contributed by atoms with Crippen LogP contribution < -0.4 is 10.2 Å². The zero-order chi connectivity index (χ0) is 15.7. The maximum Gasteiger partial charge on any atom is 0.244 e. The molecule has 0 bridgehead atoms. The summed E-state index contributed by atoms with van der Waals surface area (Å²) in [4.78, 5) is 16.8. The highest BCUT2D eigenvalue weighted by atomic mass is 35.5. The molecule has 4 nitrogen and oxygen atoms in total. The Kier molecular flexibility index (Phi) is 5.95. The molecule has 0 radical (unpaired) electrons. The van der Waals surface area contributed by atoms with Crippen LogP contribution in [0.15, 0.2) is 24.3 Å². The fourth-order valence-corrected chi connectivity index (χ4v) is 3.94. The molecule has 1 amide bonds. The van der Waals surface area contributed by atoms with E-state index in [9.17, 15) is 4.79 Å². The molecule has 2 aliphatic rings. The third-order valence-corrected chi connectivity index (χ3v) is 5.26. The number of rotatable bonds is 4. The molecule has 6 heteroatoms. The molecule has 2 heterocycles. The summed E-state index contributed by atoms with van der Waals surface area (Å²) in [5.41, 5.74) is 1.10. The van der Waals surface area contributed by atoms with E-state index in [1.165, 1.54) is 6.42 Å². The topological polar surface area (TPSA) is 35.6 Å². The van der Waals surface area contributed by atoms with E-state index < -0.39 is 0 Å². The van der Waals surface area contributed by atoms with Crippen molar-refractivity contribution in [3.05, 3.63) is 29.3 Å². The number of nitrogens with one attached hydrogen (secondary N) is 1. The smallest absolute Gasteiger partial charge is 0.244 e. The Balaban J connectivity index is 0.00000192. The number of nitrogens with zero attached hydrogens (tertiary/aromatic N) is 2. The number of hydrogen-bond acceptors (Lipinski definition) is 3. The van der Waals surface area contributed by atoms with E-state index >= 15 is 0 Å². The molecule has 0 saturated carbocycles. The first-order valence-corrected chi connectivity index (χ1v) is 8.35. The monoisotopic (exact) mass is 357 g/mol. The van der Waals surface area contributed by atoms with Crippen LogP contribution in [0.5, 0.6) is 0 Å². The lowest BCUT2D eigenvalue weighted by Gasteiger charge is -2.32. The molecule has 1 aromatic carbocycles. The average Bonchev–Trinajstić information content (AvgIpc) is 3.06. The van der Waals surface area contributed by atoms with Crippen molar-refractivity contribution in [1.29, 1.82) is 0 Å². The lowest BCUT2D eigenvalue weighted by molar-refractivity contribution is -0.121. The number of para-hydroxylation sites is 1. The Labute approximate surface area is 149 Å². The second-order valence-electron chi connectivity index (χ2n) is 6.90. The van der Waals surface area contributed by atoms with Gasteiger partial charge in [-0.3, -0.25) is 9.69 Å². The van der Waals surface area contributed by atoms with Gasteiger partial charge in [-0.15, -0.1) is 12.4 Å². The number of likely N-dealkylation sites (N-methyl/N-ethyl adjacent to an activating group) is 1. The van der Waals surface area contributed by atoms with Crippen LogP contribution in [0.3, 0.4) is 0 Å². The number of hydrogen-bond donors (Lipinski definition) is 1. The predicted octanol–water partition coefficient (Wildman–Crippen LogP) is 2.80. The van der Waals surface area contributed by atoms with Crippen LogP contribution in [0.25, 0.3) is 0 Å². The number of carbonyl (C=O) groups excluding carboxylic acids is 1. The molecule has 23 heavy (non-hydrogen) atoms. The van der Waals surface area contributed by atoms with E-state index in [0.717, 1.165) is 38.3 Å². The predicted molar refractivity (Wildman–Crippen MR) is 97.7 cm³/mol. The summed E-state index contributed by atoms with van der Waals surface area (Å²) in [6, 6.07) is 7.55. The van der Waals surface area contributed by atoms with Crippen molar-refractivity contribution < 1.29 is 4.79 Å². The Morgan fingerprint density at radius 3 is 2.83 bits per heavy atom. The molecule has 128 valence electrons. The van der Waals surface area contributed by atoms with Gasteiger partial charge >= 0.3 is 0 Å². The maximum absolute atomic E-state index is 12.8. The Morgan fingerprint density at radius 2 is 2.17 bits per heavy atom. The van der Waals surface area contributed by atoms with Crippen LogP contribution in [0.2, 0.25) is 5.02 Å². The van der Waals surface area contributed by atoms with Gasteiger partial charge in [0.2, 0.25) is 5.91 Å². The zero-order valence-electron chi connectivity index (χ0n) is 13.7. The highest BCUT2D eigenvalue weighted by molar-refractivity contribution is 6.33. The molecule has 2 saturated heterocycles. The molecule has 0 aromatic heterocycles. The summed E-state index contributed by atoms with van der Waals surface area (Å²) >= 11 is 6.24. The fourth-order valence-electron chi connectivity index (χ4n) is 3.70. The Morgan fingerprint density at radius 1 is 1.43 bits per heavy atom. The minimum Gasteiger partial charge on any atom is -0.316 e. The van der Waals surface area contributed by atoms with E-state index in [4.69, 9.17) is 11.6 Å². The van der Waals surface area contributed by atoms with E-state index in [1.807, 2.05) is 29.2 Å². The molecule has 2 atom stereocenters. The number of benzene rings is 1. The second kappa shape index (κ2) is 7.39. The van der Waals surface area contributed by atoms with Gasteiger partial charge in [0.1, 0.15) is 0 Å². The van der Waals surface area contributed by atoms with Gasteiger partial charge in [-0.1, -0.05) is 30.7 Å². The minimum absolute atomic E-state index is 0. The van der Waals surface area contributed by atoms with Crippen LogP contribution in [0.1, 0.15) is 19.8 Å². The average molecular weight is 358 g/mol. The van der Waals surface area contributed by atoms with Crippen LogP contribution in [-0.2, 0) is 4.79 Å². The van der Waals surface area contributed by atoms with E-state index in [-0.39, 0.29) is 29.8 Å². The summed E-state index contributed by atoms with van der Waals surface area (Å²) in [5, 5.41) is 4.07. The molecule has 1 N–H and O–H groups in total. The van der Waals surface area contributed by atoms with Crippen molar-refractivity contribution in [3.63, 3.8) is 0 Å². The number of halogens is 2. The number of amides is 1. The zero-order valence-corrected chi connectivity index (χ0v) is 15.3. The summed E-state index contributed by atoms with van der Waals surface area (Å²) in [6.45, 7) is 6.11. The Bertz CT molecular complexity index is 561. The molecule has 2 aliphatic heterocycles. The molecule has 3 rings (SSSR count). The molecule has 1 aromatic rings. The molecule has 2 unspecified atom stereocenters. The second-order valence-corrected chi connectivity index (χ2v) is 7.31. The molecular weight excluding hydrogens is 333 g/mol. The first-order chi connectivity index (χ1) is 10.5. The van der Waals surface area contributed by atoms with Gasteiger partial charge in [-0.05, 0) is 44.0 Å². The lowest BCUT2D eigenvalue weighted by atomic mass is 9.89. The largest absolute Gasteiger partial charge is 0.316 e. The first-order valence-electron chi connectivity index (χ1n) is 7.97. The number of carbonyl (C=O) groups is 1. The van der Waals surface area contributed by atoms with Crippen molar-refractivity contribution in [3.8, 4) is 0 Å². The SMILES string of the molecule is CN(CC1(C)CCNC1)C1CCN(c2ccccc2Cl)C1=O.Cl. The van der Waals surface area contributed by atoms with Crippen LogP contribution >= 0.6 is 24.0 Å². The quantitative estimate of drug-likeness (QED) is 0.899. The number of anilines is 1. The van der Waals surface area contributed by atoms with E-state index in [1.54, 1.807) is 0 Å². The third kappa shape index (κ3) is 3.82. The van der Waals surface area contributed by atoms with Crippen molar-refractivity contribution in [1.82, 2.24) is 10.2 Å². The van der Waals surface area contributed by atoms with Crippen LogP contribution in [-0.4, -0.2) is 50.1 Å². The minimum atomic E-state index is -0.0336. The van der Waals surface area contributed by atoms with Crippen molar-refractivity contribution in [2.75, 3.05) is 38.1 Å². The summed E-state index contributed by atoms with van der Waals surface area (Å²) in [5.74, 6) is 0.171. The van der Waals surface area contributed by atoms with Gasteiger partial charge in [-0.25, -0.2) is 0 Å². The van der Waals surface area contributed by atoms with Gasteiger partial charge < -0.3 is 10.2 Å². The van der Waals surface area contributed by atoms with Gasteiger partial charge in [0, 0.05) is 19.6 Å². The van der Waals surface area contributed by atoms with E-state index in [0.29, 0.717) is 5.02 Å². The van der Waals surface area contributed by atoms with Gasteiger partial charge in [0.15, 0.2) is 0 Å². The standard InChI is InChI=1S/C17H24ClN3O.ClH/c1-17(8-9-19-11-17)12-20(2)15-7-10-21(16(15)22)14-6-4-3-5-13(14)18;/h3-6,15,19H,7-12H2,1-2H3;1H. The van der Waals surface area contributed by atoms with Crippen molar-refractivity contribution >= 4 is 35.6 Å². The lowest BCUT2D eigenvalue weighted by Crippen LogP contribution is -2.45. The molecule has 0 aliphatic carbocycles. The van der Waals surface area contributed by atoms with E-state index in [2.05, 4.69) is 24.2 Å². The highest BCUT2D eigenvalue weighted by Crippen LogP contribution is 2.32. The van der Waals surface area contributed by atoms with Crippen LogP contribution in [0.4, 0.5) is 5.69 Å². The third-order valence-electron chi connectivity index (χ3n) is 4.94. The highest BCUT2D eigenvalue weighted by Gasteiger charge is 2.39. The molecule has 0 spiro atoms. The van der Waals surface area contributed by atoms with Gasteiger partial charge in [0.05, 0.1) is 16.8 Å². The van der Waals surface area contributed by atoms with Gasteiger partial charge in [0.25, 0.3) is 0 Å². The van der Waals surface area contributed by atoms with Crippen molar-refractivity contribution in [2.24, 2.45) is 5.41 Å². The van der Waals surface area contributed by atoms with Crippen LogP contribution in [0, 0.1) is 5.41 Å². The summed E-state index contributed by atoms with van der Waals surface area (Å²) < 4.78 is 0. The molecule has 2 fully saturated rings.